The summed E-state index contributed by atoms with van der Waals surface area (Å²) in [6.07, 6.45) is 1.89. The van der Waals surface area contributed by atoms with Crippen molar-refractivity contribution in [2.75, 3.05) is 5.32 Å². The van der Waals surface area contributed by atoms with Crippen LogP contribution < -0.4 is 5.32 Å². The van der Waals surface area contributed by atoms with E-state index in [-0.39, 0.29) is 23.8 Å². The first kappa shape index (κ1) is 18.8. The van der Waals surface area contributed by atoms with Crippen LogP contribution in [0, 0.1) is 22.9 Å². The van der Waals surface area contributed by atoms with Crippen LogP contribution in [0.15, 0.2) is 54.0 Å². The van der Waals surface area contributed by atoms with Gasteiger partial charge in [0.1, 0.15) is 5.82 Å². The Morgan fingerprint density at radius 2 is 2.03 bits per heavy atom. The standard InChI is InChI=1S/C20H15FN4O3S/c1-12-16(3-2-4-18(12)25(27)28)22-19(26)9-15-11-29-20-23-17(10-24(15)20)13-5-7-14(21)8-6-13/h2-8,10-11H,9H2,1H3,(H,22,26). The third-order valence-electron chi connectivity index (χ3n) is 4.54. The average molecular weight is 410 g/mol. The second-order valence-corrected chi connectivity index (χ2v) is 7.28. The third kappa shape index (κ3) is 3.72. The SMILES string of the molecule is Cc1c(NC(=O)Cc2csc3nc(-c4ccc(F)cc4)cn23)cccc1[N+](=O)[O-]. The Bertz CT molecular complexity index is 1230. The zero-order valence-electron chi connectivity index (χ0n) is 15.3. The highest BCUT2D eigenvalue weighted by molar-refractivity contribution is 7.15. The van der Waals surface area contributed by atoms with E-state index in [9.17, 15) is 19.3 Å². The number of imidazole rings is 1. The lowest BCUT2D eigenvalue weighted by molar-refractivity contribution is -0.385. The van der Waals surface area contributed by atoms with Gasteiger partial charge in [-0.3, -0.25) is 19.3 Å². The van der Waals surface area contributed by atoms with Gasteiger partial charge in [-0.1, -0.05) is 6.07 Å². The van der Waals surface area contributed by atoms with Crippen molar-refractivity contribution in [3.63, 3.8) is 0 Å². The maximum atomic E-state index is 13.1. The molecule has 146 valence electrons. The summed E-state index contributed by atoms with van der Waals surface area (Å²) in [7, 11) is 0. The van der Waals surface area contributed by atoms with Crippen molar-refractivity contribution in [3.8, 4) is 11.3 Å². The highest BCUT2D eigenvalue weighted by Crippen LogP contribution is 2.26. The Morgan fingerprint density at radius 3 is 2.76 bits per heavy atom. The number of nitro benzene ring substituents is 1. The molecular weight excluding hydrogens is 395 g/mol. The maximum absolute atomic E-state index is 13.1. The van der Waals surface area contributed by atoms with Gasteiger partial charge in [0, 0.05) is 28.9 Å². The minimum atomic E-state index is -0.476. The minimum Gasteiger partial charge on any atom is -0.325 e. The lowest BCUT2D eigenvalue weighted by Gasteiger charge is -2.08. The average Bonchev–Trinajstić information content (AvgIpc) is 3.26. The molecule has 0 aliphatic heterocycles. The number of thiazole rings is 1. The van der Waals surface area contributed by atoms with Gasteiger partial charge in [0.25, 0.3) is 5.69 Å². The van der Waals surface area contributed by atoms with Crippen molar-refractivity contribution in [2.45, 2.75) is 13.3 Å². The highest BCUT2D eigenvalue weighted by atomic mass is 32.1. The molecule has 2 aromatic carbocycles. The lowest BCUT2D eigenvalue weighted by atomic mass is 10.1. The van der Waals surface area contributed by atoms with E-state index in [0.29, 0.717) is 16.9 Å². The molecule has 1 N–H and O–H groups in total. The van der Waals surface area contributed by atoms with Crippen LogP contribution >= 0.6 is 11.3 Å². The van der Waals surface area contributed by atoms with Crippen LogP contribution in [0.4, 0.5) is 15.8 Å². The van der Waals surface area contributed by atoms with Crippen LogP contribution in [0.3, 0.4) is 0 Å². The van der Waals surface area contributed by atoms with Crippen molar-refractivity contribution in [3.05, 3.63) is 81.2 Å². The van der Waals surface area contributed by atoms with Crippen LogP contribution in [-0.4, -0.2) is 20.2 Å². The molecule has 4 rings (SSSR count). The summed E-state index contributed by atoms with van der Waals surface area (Å²) < 4.78 is 14.9. The number of carbonyl (C=O) groups excluding carboxylic acids is 1. The molecule has 9 heteroatoms. The summed E-state index contributed by atoms with van der Waals surface area (Å²) >= 11 is 1.40. The van der Waals surface area contributed by atoms with Crippen LogP contribution in [-0.2, 0) is 11.2 Å². The monoisotopic (exact) mass is 410 g/mol. The number of nitrogens with one attached hydrogen (secondary N) is 1. The first-order chi connectivity index (χ1) is 13.9. The normalized spacial score (nSPS) is 11.0. The number of aromatic nitrogens is 2. The molecule has 0 fully saturated rings. The minimum absolute atomic E-state index is 0.0423. The molecule has 0 unspecified atom stereocenters. The first-order valence-corrected chi connectivity index (χ1v) is 9.55. The Hall–Kier alpha value is -3.59. The van der Waals surface area contributed by atoms with E-state index in [1.54, 1.807) is 31.3 Å². The van der Waals surface area contributed by atoms with E-state index in [1.807, 2.05) is 9.78 Å². The number of fused-ring (bicyclic) bond motifs is 1. The van der Waals surface area contributed by atoms with Crippen molar-refractivity contribution in [2.24, 2.45) is 0 Å². The van der Waals surface area contributed by atoms with Crippen molar-refractivity contribution >= 4 is 33.6 Å². The molecular formula is C20H15FN4O3S. The fourth-order valence-corrected chi connectivity index (χ4v) is 3.90. The third-order valence-corrected chi connectivity index (χ3v) is 5.43. The van der Waals surface area contributed by atoms with Crippen LogP contribution in [0.2, 0.25) is 0 Å². The predicted octanol–water partition coefficient (Wildman–Crippen LogP) is 4.60. The van der Waals surface area contributed by atoms with E-state index >= 15 is 0 Å². The van der Waals surface area contributed by atoms with Gasteiger partial charge in [0.15, 0.2) is 4.96 Å². The number of hydrogen-bond donors (Lipinski definition) is 1. The zero-order valence-corrected chi connectivity index (χ0v) is 16.1. The van der Waals surface area contributed by atoms with Crippen molar-refractivity contribution in [1.82, 2.24) is 9.38 Å². The summed E-state index contributed by atoms with van der Waals surface area (Å²) in [5.41, 5.74) is 2.99. The number of carbonyl (C=O) groups is 1. The van der Waals surface area contributed by atoms with Crippen molar-refractivity contribution < 1.29 is 14.1 Å². The quantitative estimate of drug-likeness (QED) is 0.385. The Balaban J connectivity index is 1.55. The van der Waals surface area contributed by atoms with Gasteiger partial charge < -0.3 is 5.32 Å². The van der Waals surface area contributed by atoms with Crippen molar-refractivity contribution in [1.29, 1.82) is 0 Å². The van der Waals surface area contributed by atoms with E-state index in [0.717, 1.165) is 16.2 Å². The fraction of sp³-hybridized carbons (Fsp3) is 0.100. The number of amides is 1. The molecule has 29 heavy (non-hydrogen) atoms. The van der Waals surface area contributed by atoms with Gasteiger partial charge in [-0.15, -0.1) is 11.3 Å². The number of benzene rings is 2. The van der Waals surface area contributed by atoms with E-state index in [2.05, 4.69) is 10.3 Å². The number of anilines is 1. The summed E-state index contributed by atoms with van der Waals surface area (Å²) in [5.74, 6) is -0.603. The second-order valence-electron chi connectivity index (χ2n) is 6.44. The summed E-state index contributed by atoms with van der Waals surface area (Å²) in [4.78, 5) is 28.3. The molecule has 7 nitrogen and oxygen atoms in total. The molecule has 0 aliphatic rings. The molecule has 1 amide bonds. The molecule has 0 aliphatic carbocycles. The van der Waals surface area contributed by atoms with Gasteiger partial charge in [0.2, 0.25) is 5.91 Å². The largest absolute Gasteiger partial charge is 0.325 e. The molecule has 0 radical (unpaired) electrons. The molecule has 2 aromatic heterocycles. The molecule has 0 bridgehead atoms. The molecule has 4 aromatic rings. The molecule has 2 heterocycles. The number of nitro groups is 1. The zero-order chi connectivity index (χ0) is 20.5. The predicted molar refractivity (Wildman–Crippen MR) is 109 cm³/mol. The van der Waals surface area contributed by atoms with Gasteiger partial charge in [-0.2, -0.15) is 0 Å². The highest BCUT2D eigenvalue weighted by Gasteiger charge is 2.17. The van der Waals surface area contributed by atoms with Gasteiger partial charge in [0.05, 0.1) is 28.3 Å². The summed E-state index contributed by atoms with van der Waals surface area (Å²) in [6.45, 7) is 1.60. The fourth-order valence-electron chi connectivity index (χ4n) is 3.03. The maximum Gasteiger partial charge on any atom is 0.274 e. The van der Waals surface area contributed by atoms with E-state index in [1.165, 1.54) is 35.6 Å². The Morgan fingerprint density at radius 1 is 1.28 bits per heavy atom. The Kier molecular flexibility index (Phi) is 4.81. The van der Waals surface area contributed by atoms with Gasteiger partial charge >= 0.3 is 0 Å². The number of hydrogen-bond acceptors (Lipinski definition) is 5. The summed E-state index contributed by atoms with van der Waals surface area (Å²) in [6, 6.07) is 10.6. The topological polar surface area (TPSA) is 89.5 Å². The van der Waals surface area contributed by atoms with Crippen LogP contribution in [0.5, 0.6) is 0 Å². The molecule has 0 saturated heterocycles. The molecule has 0 atom stereocenters. The number of halogens is 1. The lowest BCUT2D eigenvalue weighted by Crippen LogP contribution is -2.16. The first-order valence-electron chi connectivity index (χ1n) is 8.67. The van der Waals surface area contributed by atoms with E-state index in [4.69, 9.17) is 0 Å². The smallest absolute Gasteiger partial charge is 0.274 e. The van der Waals surface area contributed by atoms with Gasteiger partial charge in [-0.05, 0) is 37.3 Å². The Labute approximate surface area is 168 Å². The number of rotatable bonds is 5. The molecule has 0 spiro atoms. The number of nitrogens with zero attached hydrogens (tertiary/aromatic N) is 3. The van der Waals surface area contributed by atoms with Crippen LogP contribution in [0.25, 0.3) is 16.2 Å². The summed E-state index contributed by atoms with van der Waals surface area (Å²) in [5, 5.41) is 15.6. The second kappa shape index (κ2) is 7.44. The van der Waals surface area contributed by atoms with Gasteiger partial charge in [-0.25, -0.2) is 9.37 Å². The van der Waals surface area contributed by atoms with Crippen LogP contribution in [0.1, 0.15) is 11.3 Å². The molecule has 0 saturated carbocycles. The van der Waals surface area contributed by atoms with E-state index < -0.39 is 4.92 Å².